The maximum atomic E-state index is 12.8. The van der Waals surface area contributed by atoms with E-state index < -0.39 is 0 Å². The number of esters is 1. The number of aryl methyl sites for hydroxylation is 2. The minimum absolute atomic E-state index is 0.198. The number of hydrogen-bond acceptors (Lipinski definition) is 5. The van der Waals surface area contributed by atoms with E-state index in [1.807, 2.05) is 48.9 Å². The van der Waals surface area contributed by atoms with Gasteiger partial charge in [-0.1, -0.05) is 18.2 Å². The van der Waals surface area contributed by atoms with Crippen LogP contribution >= 0.6 is 11.3 Å². The molecule has 2 heterocycles. The van der Waals surface area contributed by atoms with Gasteiger partial charge in [0, 0.05) is 11.1 Å². The fourth-order valence-corrected chi connectivity index (χ4v) is 4.29. The van der Waals surface area contributed by atoms with Crippen LogP contribution < -0.4 is 5.32 Å². The molecule has 4 aromatic rings. The summed E-state index contributed by atoms with van der Waals surface area (Å²) in [6.07, 6.45) is 0. The molecule has 0 unspecified atom stereocenters. The first-order chi connectivity index (χ1) is 14.5. The van der Waals surface area contributed by atoms with Gasteiger partial charge in [-0.3, -0.25) is 4.79 Å². The summed E-state index contributed by atoms with van der Waals surface area (Å²) in [5.74, 6) is -0.577. The van der Waals surface area contributed by atoms with Crippen LogP contribution in [0, 0.1) is 13.8 Å². The van der Waals surface area contributed by atoms with Gasteiger partial charge in [0.2, 0.25) is 0 Å². The molecule has 0 aliphatic heterocycles. The van der Waals surface area contributed by atoms with Crippen molar-refractivity contribution in [2.45, 2.75) is 20.8 Å². The average Bonchev–Trinajstić information content (AvgIpc) is 3.30. The van der Waals surface area contributed by atoms with E-state index in [4.69, 9.17) is 4.74 Å². The Morgan fingerprint density at radius 2 is 1.83 bits per heavy atom. The summed E-state index contributed by atoms with van der Waals surface area (Å²) >= 11 is 1.40. The Balaban J connectivity index is 1.59. The van der Waals surface area contributed by atoms with Crippen LogP contribution in [-0.4, -0.2) is 28.3 Å². The highest BCUT2D eigenvalue weighted by Gasteiger charge is 2.18. The molecule has 0 saturated heterocycles. The second kappa shape index (κ2) is 8.12. The molecule has 0 radical (unpaired) electrons. The van der Waals surface area contributed by atoms with Crippen LogP contribution in [0.2, 0.25) is 0 Å². The second-order valence-electron chi connectivity index (χ2n) is 6.87. The molecule has 1 N–H and O–H groups in total. The van der Waals surface area contributed by atoms with Crippen molar-refractivity contribution >= 4 is 39.1 Å². The number of thiophene rings is 1. The lowest BCUT2D eigenvalue weighted by Gasteiger charge is -2.06. The zero-order valence-corrected chi connectivity index (χ0v) is 17.7. The summed E-state index contributed by atoms with van der Waals surface area (Å²) in [5, 5.41) is 8.51. The van der Waals surface area contributed by atoms with Gasteiger partial charge in [0.1, 0.15) is 4.83 Å². The molecule has 0 bridgehead atoms. The van der Waals surface area contributed by atoms with Gasteiger partial charge in [-0.25, -0.2) is 9.48 Å². The molecule has 0 atom stereocenters. The van der Waals surface area contributed by atoms with E-state index in [0.717, 1.165) is 27.2 Å². The lowest BCUT2D eigenvalue weighted by molar-refractivity contribution is 0.0526. The molecule has 0 aliphatic carbocycles. The third-order valence-corrected chi connectivity index (χ3v) is 5.88. The topological polar surface area (TPSA) is 73.2 Å². The van der Waals surface area contributed by atoms with Crippen molar-refractivity contribution in [2.75, 3.05) is 11.9 Å². The molecular weight excluding hydrogens is 398 g/mol. The summed E-state index contributed by atoms with van der Waals surface area (Å²) in [6.45, 7) is 6.07. The summed E-state index contributed by atoms with van der Waals surface area (Å²) in [6, 6.07) is 16.6. The van der Waals surface area contributed by atoms with Crippen molar-refractivity contribution in [3.05, 3.63) is 76.3 Å². The predicted octanol–water partition coefficient (Wildman–Crippen LogP) is 5.13. The number of ether oxygens (including phenoxy) is 1. The number of benzene rings is 2. The number of anilines is 1. The number of amides is 1. The number of para-hydroxylation sites is 1. The number of nitrogens with zero attached hydrogens (tertiary/aromatic N) is 2. The number of rotatable bonds is 5. The van der Waals surface area contributed by atoms with Crippen LogP contribution in [0.25, 0.3) is 15.9 Å². The van der Waals surface area contributed by atoms with Gasteiger partial charge in [-0.2, -0.15) is 5.10 Å². The molecule has 2 aromatic heterocycles. The Morgan fingerprint density at radius 3 is 2.53 bits per heavy atom. The molecule has 4 rings (SSSR count). The maximum Gasteiger partial charge on any atom is 0.338 e. The van der Waals surface area contributed by atoms with Crippen LogP contribution in [0.4, 0.5) is 5.69 Å². The minimum Gasteiger partial charge on any atom is -0.462 e. The molecular formula is C23H21N3O3S. The van der Waals surface area contributed by atoms with Gasteiger partial charge in [-0.05, 0) is 62.7 Å². The fourth-order valence-electron chi connectivity index (χ4n) is 3.22. The Kier molecular flexibility index (Phi) is 5.37. The number of aromatic nitrogens is 2. The molecule has 30 heavy (non-hydrogen) atoms. The molecule has 0 fully saturated rings. The van der Waals surface area contributed by atoms with Crippen LogP contribution in [-0.2, 0) is 4.74 Å². The molecule has 6 nitrogen and oxygen atoms in total. The second-order valence-corrected chi connectivity index (χ2v) is 7.90. The smallest absolute Gasteiger partial charge is 0.338 e. The standard InChI is InChI=1S/C23H21N3O3S/c1-4-29-23(28)16-9-11-17(12-10-16)24-21(27)20-13-18-15(3)25-26(22(18)30-20)19-8-6-5-7-14(19)2/h5-13H,4H2,1-3H3,(H,24,27). The summed E-state index contributed by atoms with van der Waals surface area (Å²) < 4.78 is 6.88. The van der Waals surface area contributed by atoms with Crippen molar-refractivity contribution in [1.82, 2.24) is 9.78 Å². The van der Waals surface area contributed by atoms with Gasteiger partial charge < -0.3 is 10.1 Å². The van der Waals surface area contributed by atoms with Gasteiger partial charge >= 0.3 is 5.97 Å². The number of fused-ring (bicyclic) bond motifs is 1. The molecule has 2 aromatic carbocycles. The number of nitrogens with one attached hydrogen (secondary N) is 1. The van der Waals surface area contributed by atoms with Gasteiger partial charge in [0.25, 0.3) is 5.91 Å². The van der Waals surface area contributed by atoms with Crippen LogP contribution in [0.5, 0.6) is 0 Å². The van der Waals surface area contributed by atoms with Gasteiger partial charge in [-0.15, -0.1) is 11.3 Å². The summed E-state index contributed by atoms with van der Waals surface area (Å²) in [5.41, 5.74) is 4.05. The van der Waals surface area contributed by atoms with E-state index in [1.165, 1.54) is 11.3 Å². The lowest BCUT2D eigenvalue weighted by atomic mass is 10.2. The van der Waals surface area contributed by atoms with Crippen LogP contribution in [0.15, 0.2) is 54.6 Å². The highest BCUT2D eigenvalue weighted by Crippen LogP contribution is 2.31. The van der Waals surface area contributed by atoms with E-state index in [0.29, 0.717) is 22.7 Å². The first kappa shape index (κ1) is 19.8. The van der Waals surface area contributed by atoms with Crippen LogP contribution in [0.3, 0.4) is 0 Å². The minimum atomic E-state index is -0.379. The first-order valence-electron chi connectivity index (χ1n) is 9.61. The number of carbonyl (C=O) groups excluding carboxylic acids is 2. The van der Waals surface area contributed by atoms with Gasteiger partial charge in [0.15, 0.2) is 0 Å². The zero-order valence-electron chi connectivity index (χ0n) is 16.9. The Hall–Kier alpha value is -3.45. The lowest BCUT2D eigenvalue weighted by Crippen LogP contribution is -2.10. The Morgan fingerprint density at radius 1 is 1.10 bits per heavy atom. The van der Waals surface area contributed by atoms with E-state index in [9.17, 15) is 9.59 Å². The van der Waals surface area contributed by atoms with Gasteiger partial charge in [0.05, 0.1) is 28.4 Å². The highest BCUT2D eigenvalue weighted by atomic mass is 32.1. The summed E-state index contributed by atoms with van der Waals surface area (Å²) in [4.78, 5) is 26.1. The largest absolute Gasteiger partial charge is 0.462 e. The van der Waals surface area contributed by atoms with Crippen molar-refractivity contribution in [3.63, 3.8) is 0 Å². The Bertz CT molecular complexity index is 1240. The first-order valence-corrected chi connectivity index (χ1v) is 10.4. The fraction of sp³-hybridized carbons (Fsp3) is 0.174. The normalized spacial score (nSPS) is 10.9. The van der Waals surface area contributed by atoms with Crippen molar-refractivity contribution in [1.29, 1.82) is 0 Å². The molecule has 0 saturated carbocycles. The number of carbonyl (C=O) groups is 2. The summed E-state index contributed by atoms with van der Waals surface area (Å²) in [7, 11) is 0. The molecule has 152 valence electrons. The van der Waals surface area contributed by atoms with Crippen LogP contribution in [0.1, 0.15) is 38.2 Å². The Labute approximate surface area is 178 Å². The maximum absolute atomic E-state index is 12.8. The quantitative estimate of drug-likeness (QED) is 0.455. The SMILES string of the molecule is CCOC(=O)c1ccc(NC(=O)c2cc3c(C)nn(-c4ccccc4C)c3s2)cc1. The van der Waals surface area contributed by atoms with Crippen molar-refractivity contribution in [3.8, 4) is 5.69 Å². The average molecular weight is 420 g/mol. The molecule has 0 spiro atoms. The number of hydrogen-bond donors (Lipinski definition) is 1. The predicted molar refractivity (Wildman–Crippen MR) is 119 cm³/mol. The van der Waals surface area contributed by atoms with Crippen molar-refractivity contribution in [2.24, 2.45) is 0 Å². The van der Waals surface area contributed by atoms with Crippen molar-refractivity contribution < 1.29 is 14.3 Å². The van der Waals surface area contributed by atoms with E-state index >= 15 is 0 Å². The molecule has 0 aliphatic rings. The van der Waals surface area contributed by atoms with E-state index in [1.54, 1.807) is 31.2 Å². The third-order valence-electron chi connectivity index (χ3n) is 4.77. The highest BCUT2D eigenvalue weighted by molar-refractivity contribution is 7.20. The van der Waals surface area contributed by atoms with E-state index in [2.05, 4.69) is 10.4 Å². The molecule has 1 amide bonds. The van der Waals surface area contributed by atoms with E-state index in [-0.39, 0.29) is 11.9 Å². The third kappa shape index (κ3) is 3.71. The monoisotopic (exact) mass is 419 g/mol. The molecule has 7 heteroatoms. The zero-order chi connectivity index (χ0) is 21.3.